The Morgan fingerprint density at radius 3 is 2.42 bits per heavy atom. The summed E-state index contributed by atoms with van der Waals surface area (Å²) in [5, 5.41) is -0.0623. The molecular weight excluding hydrogens is 504 g/mol. The molecule has 0 amide bonds. The fourth-order valence-electron chi connectivity index (χ4n) is 4.28. The van der Waals surface area contributed by atoms with Gasteiger partial charge in [-0.15, -0.1) is 0 Å². The van der Waals surface area contributed by atoms with E-state index in [2.05, 4.69) is 33.9 Å². The van der Waals surface area contributed by atoms with Gasteiger partial charge in [0, 0.05) is 19.4 Å². The Morgan fingerprint density at radius 2 is 1.89 bits per heavy atom. The molecule has 1 heterocycles. The average molecular weight is 555 g/mol. The van der Waals surface area contributed by atoms with Gasteiger partial charge >= 0.3 is 11.9 Å². The molecule has 218 valence electrons. The SMILES string of the molecule is CCOC(C)O[C@]1(C)CC[C@@H](O[Si](C)(C)C(C)(C)C)CC(=O)O[C@H](C(C)=CC=O)[C@@H](C)C=C[C@@H]1OC(C)=O. The van der Waals surface area contributed by atoms with Crippen LogP contribution in [0.2, 0.25) is 18.1 Å². The van der Waals surface area contributed by atoms with E-state index < -0.39 is 44.5 Å². The number of esters is 2. The Bertz CT molecular complexity index is 859. The van der Waals surface area contributed by atoms with Crippen LogP contribution in [0, 0.1) is 5.92 Å². The topological polar surface area (TPSA) is 97.4 Å². The van der Waals surface area contributed by atoms with E-state index >= 15 is 0 Å². The highest BCUT2D eigenvalue weighted by atomic mass is 28.4. The Balaban J connectivity index is 3.62. The van der Waals surface area contributed by atoms with Gasteiger partial charge in [-0.2, -0.15) is 0 Å². The third-order valence-corrected chi connectivity index (χ3v) is 12.0. The molecule has 0 N–H and O–H groups in total. The van der Waals surface area contributed by atoms with E-state index in [-0.39, 0.29) is 23.3 Å². The molecule has 0 aromatic heterocycles. The molecule has 0 aromatic rings. The number of allylic oxidation sites excluding steroid dienone is 1. The minimum atomic E-state index is -2.24. The lowest BCUT2D eigenvalue weighted by atomic mass is 9.88. The largest absolute Gasteiger partial charge is 0.457 e. The van der Waals surface area contributed by atoms with Crippen molar-refractivity contribution in [1.82, 2.24) is 0 Å². The summed E-state index contributed by atoms with van der Waals surface area (Å²) in [4.78, 5) is 36.6. The molecule has 6 atom stereocenters. The molecule has 8 nitrogen and oxygen atoms in total. The minimum absolute atomic E-state index is 0.0587. The molecule has 38 heavy (non-hydrogen) atoms. The normalized spacial score (nSPS) is 29.0. The maximum Gasteiger partial charge on any atom is 0.308 e. The fourth-order valence-corrected chi connectivity index (χ4v) is 5.66. The second kappa shape index (κ2) is 14.5. The number of hydrogen-bond donors (Lipinski definition) is 0. The minimum Gasteiger partial charge on any atom is -0.457 e. The van der Waals surface area contributed by atoms with E-state index in [1.807, 2.05) is 33.8 Å². The second-order valence-corrected chi connectivity index (χ2v) is 16.7. The van der Waals surface area contributed by atoms with Crippen LogP contribution < -0.4 is 0 Å². The van der Waals surface area contributed by atoms with Crippen molar-refractivity contribution in [2.75, 3.05) is 6.61 Å². The van der Waals surface area contributed by atoms with Crippen molar-refractivity contribution in [3.8, 4) is 0 Å². The van der Waals surface area contributed by atoms with Crippen LogP contribution in [-0.4, -0.2) is 63.4 Å². The predicted molar refractivity (Wildman–Crippen MR) is 150 cm³/mol. The van der Waals surface area contributed by atoms with Gasteiger partial charge in [0.25, 0.3) is 0 Å². The summed E-state index contributed by atoms with van der Waals surface area (Å²) >= 11 is 0. The zero-order valence-electron chi connectivity index (χ0n) is 25.3. The molecule has 1 aliphatic rings. The summed E-state index contributed by atoms with van der Waals surface area (Å²) in [6.45, 7) is 21.8. The molecule has 0 bridgehead atoms. The van der Waals surface area contributed by atoms with Gasteiger partial charge in [0.05, 0.1) is 12.5 Å². The quantitative estimate of drug-likeness (QED) is 0.0868. The molecule has 9 heteroatoms. The van der Waals surface area contributed by atoms with E-state index in [9.17, 15) is 14.4 Å². The average Bonchev–Trinajstić information content (AvgIpc) is 2.76. The van der Waals surface area contributed by atoms with Gasteiger partial charge in [-0.1, -0.05) is 33.8 Å². The Morgan fingerprint density at radius 1 is 1.26 bits per heavy atom. The molecule has 0 radical (unpaired) electrons. The molecule has 0 spiro atoms. The molecule has 1 unspecified atom stereocenters. The van der Waals surface area contributed by atoms with Crippen molar-refractivity contribution in [2.45, 2.75) is 130 Å². The predicted octanol–water partition coefficient (Wildman–Crippen LogP) is 5.90. The van der Waals surface area contributed by atoms with E-state index in [1.165, 1.54) is 13.0 Å². The summed E-state index contributed by atoms with van der Waals surface area (Å²) < 4.78 is 30.4. The molecular formula is C29H50O8Si. The van der Waals surface area contributed by atoms with Gasteiger partial charge in [0.2, 0.25) is 0 Å². The monoisotopic (exact) mass is 554 g/mol. The summed E-state index contributed by atoms with van der Waals surface area (Å²) in [7, 11) is -2.24. The van der Waals surface area contributed by atoms with Crippen LogP contribution in [0.3, 0.4) is 0 Å². The number of rotatable bonds is 9. The van der Waals surface area contributed by atoms with Crippen molar-refractivity contribution < 1.29 is 37.8 Å². The molecule has 0 saturated heterocycles. The van der Waals surface area contributed by atoms with Crippen LogP contribution in [0.15, 0.2) is 23.8 Å². The highest BCUT2D eigenvalue weighted by Gasteiger charge is 2.43. The molecule has 1 rings (SSSR count). The van der Waals surface area contributed by atoms with Gasteiger partial charge < -0.3 is 23.4 Å². The number of hydrogen-bond acceptors (Lipinski definition) is 8. The van der Waals surface area contributed by atoms with Gasteiger partial charge in [0.1, 0.15) is 24.1 Å². The fraction of sp³-hybridized carbons (Fsp3) is 0.759. The number of carbonyl (C=O) groups is 3. The van der Waals surface area contributed by atoms with Crippen molar-refractivity contribution in [1.29, 1.82) is 0 Å². The van der Waals surface area contributed by atoms with Gasteiger partial charge in [-0.05, 0) is 76.4 Å². The van der Waals surface area contributed by atoms with E-state index in [0.717, 1.165) is 0 Å². The Kier molecular flexibility index (Phi) is 13.1. The lowest BCUT2D eigenvalue weighted by molar-refractivity contribution is -0.227. The third-order valence-electron chi connectivity index (χ3n) is 7.46. The lowest BCUT2D eigenvalue weighted by Gasteiger charge is -2.42. The third kappa shape index (κ3) is 10.4. The van der Waals surface area contributed by atoms with Crippen LogP contribution in [0.1, 0.15) is 81.6 Å². The van der Waals surface area contributed by atoms with Crippen LogP contribution in [-0.2, 0) is 37.8 Å². The van der Waals surface area contributed by atoms with E-state index in [4.69, 9.17) is 23.4 Å². The molecule has 1 aliphatic heterocycles. The van der Waals surface area contributed by atoms with Crippen LogP contribution in [0.5, 0.6) is 0 Å². The Hall–Kier alpha value is -1.81. The zero-order valence-corrected chi connectivity index (χ0v) is 26.3. The molecule has 0 aromatic carbocycles. The van der Waals surface area contributed by atoms with Gasteiger partial charge in [-0.25, -0.2) is 0 Å². The summed E-state index contributed by atoms with van der Waals surface area (Å²) in [6, 6.07) is 0. The van der Waals surface area contributed by atoms with Crippen LogP contribution in [0.25, 0.3) is 0 Å². The van der Waals surface area contributed by atoms with Crippen molar-refractivity contribution in [2.24, 2.45) is 5.92 Å². The maximum atomic E-state index is 13.2. The van der Waals surface area contributed by atoms with E-state index in [0.29, 0.717) is 31.3 Å². The zero-order chi connectivity index (χ0) is 29.3. The number of ether oxygens (including phenoxy) is 4. The van der Waals surface area contributed by atoms with Crippen LogP contribution >= 0.6 is 0 Å². The number of cyclic esters (lactones) is 1. The first-order valence-corrected chi connectivity index (χ1v) is 16.5. The highest BCUT2D eigenvalue weighted by molar-refractivity contribution is 6.74. The van der Waals surface area contributed by atoms with E-state index in [1.54, 1.807) is 13.0 Å². The highest BCUT2D eigenvalue weighted by Crippen LogP contribution is 2.39. The summed E-state index contributed by atoms with van der Waals surface area (Å²) in [5.74, 6) is -1.13. The number of aldehydes is 1. The van der Waals surface area contributed by atoms with Gasteiger partial charge in [-0.3, -0.25) is 14.4 Å². The number of carbonyl (C=O) groups excluding carboxylic acids is 3. The van der Waals surface area contributed by atoms with Crippen molar-refractivity contribution in [3.63, 3.8) is 0 Å². The molecule has 0 saturated carbocycles. The summed E-state index contributed by atoms with van der Waals surface area (Å²) in [6.07, 6.45) is 4.32. The lowest BCUT2D eigenvalue weighted by Crippen LogP contribution is -2.48. The van der Waals surface area contributed by atoms with Crippen molar-refractivity contribution in [3.05, 3.63) is 23.8 Å². The first kappa shape index (κ1) is 34.2. The molecule has 0 fully saturated rings. The first-order chi connectivity index (χ1) is 17.5. The molecule has 0 aliphatic carbocycles. The summed E-state index contributed by atoms with van der Waals surface area (Å²) in [5.41, 5.74) is -0.338. The second-order valence-electron chi connectivity index (χ2n) is 11.9. The Labute approximate surface area is 230 Å². The standard InChI is InChI=1S/C29H50O8Si/c1-12-33-23(5)36-29(9)17-15-24(37-38(10,11)28(6,7)8)19-26(32)35-27(21(3)16-18-30)20(2)13-14-25(29)34-22(4)31/h13-14,16,18,20,23-25,27H,12,15,17,19H2,1-11H3/t20-,23?,24+,25-,27-,29+/m0/s1. The smallest absolute Gasteiger partial charge is 0.308 e. The first-order valence-electron chi connectivity index (χ1n) is 13.6. The van der Waals surface area contributed by atoms with Crippen molar-refractivity contribution >= 4 is 26.5 Å². The van der Waals surface area contributed by atoms with Crippen LogP contribution in [0.4, 0.5) is 0 Å². The van der Waals surface area contributed by atoms with Gasteiger partial charge in [0.15, 0.2) is 14.6 Å². The maximum absolute atomic E-state index is 13.2.